The SMILES string of the molecule is Cc1cc(C)c(-c2cc3cc(Nc4cc5n(n4)CC(=O)N(C4CCN(C(=O)OC(C)(C)C)CC4)CC5)ncc3cc2Cl)cn1. The summed E-state index contributed by atoms with van der Waals surface area (Å²) in [5.74, 6) is 1.34. The quantitative estimate of drug-likeness (QED) is 0.288. The van der Waals surface area contributed by atoms with Gasteiger partial charge in [-0.2, -0.15) is 5.10 Å². The molecule has 0 aliphatic carbocycles. The van der Waals surface area contributed by atoms with Crippen molar-refractivity contribution in [1.82, 2.24) is 29.5 Å². The number of pyridine rings is 2. The van der Waals surface area contributed by atoms with Crippen LogP contribution in [0.25, 0.3) is 21.9 Å². The molecule has 1 N–H and O–H groups in total. The van der Waals surface area contributed by atoms with Crippen LogP contribution < -0.4 is 5.32 Å². The minimum absolute atomic E-state index is 0.0447. The van der Waals surface area contributed by atoms with Crippen LogP contribution in [0.4, 0.5) is 16.4 Å². The molecular weight excluding hydrogens is 578 g/mol. The van der Waals surface area contributed by atoms with E-state index in [0.717, 1.165) is 51.7 Å². The molecule has 6 rings (SSSR count). The van der Waals surface area contributed by atoms with Gasteiger partial charge in [0.25, 0.3) is 0 Å². The molecule has 2 amide bonds. The lowest BCUT2D eigenvalue weighted by Crippen LogP contribution is -2.50. The van der Waals surface area contributed by atoms with Gasteiger partial charge >= 0.3 is 6.09 Å². The summed E-state index contributed by atoms with van der Waals surface area (Å²) >= 11 is 6.67. The third-order valence-corrected chi connectivity index (χ3v) is 8.55. The number of halogens is 1. The molecule has 3 aromatic heterocycles. The van der Waals surface area contributed by atoms with Gasteiger partial charge in [0.1, 0.15) is 18.0 Å². The van der Waals surface area contributed by atoms with Crippen LogP contribution in [-0.2, 0) is 22.5 Å². The Kier molecular flexibility index (Phi) is 7.96. The summed E-state index contributed by atoms with van der Waals surface area (Å²) in [6.45, 7) is 11.6. The molecule has 1 saturated heterocycles. The number of nitrogens with one attached hydrogen (secondary N) is 1. The van der Waals surface area contributed by atoms with Gasteiger partial charge in [0, 0.05) is 83.5 Å². The van der Waals surface area contributed by atoms with Crippen LogP contribution in [0.5, 0.6) is 0 Å². The molecule has 0 radical (unpaired) electrons. The first-order valence-electron chi connectivity index (χ1n) is 15.1. The molecular formula is C33H38ClN7O3. The Hall–Kier alpha value is -4.18. The highest BCUT2D eigenvalue weighted by Gasteiger charge is 2.33. The lowest BCUT2D eigenvalue weighted by Gasteiger charge is -2.38. The van der Waals surface area contributed by atoms with Gasteiger partial charge in [-0.05, 0) is 82.7 Å². The van der Waals surface area contributed by atoms with E-state index in [1.807, 2.05) is 57.0 Å². The molecule has 0 unspecified atom stereocenters. The van der Waals surface area contributed by atoms with E-state index < -0.39 is 5.60 Å². The number of ether oxygens (including phenoxy) is 1. The number of anilines is 2. The first-order chi connectivity index (χ1) is 20.9. The van der Waals surface area contributed by atoms with Crippen molar-refractivity contribution in [2.75, 3.05) is 25.0 Å². The summed E-state index contributed by atoms with van der Waals surface area (Å²) in [4.78, 5) is 38.5. The number of hydrogen-bond acceptors (Lipinski definition) is 7. The number of benzene rings is 1. The normalized spacial score (nSPS) is 16.2. The summed E-state index contributed by atoms with van der Waals surface area (Å²) in [6, 6.07) is 10.1. The highest BCUT2D eigenvalue weighted by atomic mass is 35.5. The smallest absolute Gasteiger partial charge is 0.410 e. The largest absolute Gasteiger partial charge is 0.444 e. The second-order valence-electron chi connectivity index (χ2n) is 12.7. The highest BCUT2D eigenvalue weighted by Crippen LogP contribution is 2.34. The predicted molar refractivity (Wildman–Crippen MR) is 171 cm³/mol. The molecule has 230 valence electrons. The van der Waals surface area contributed by atoms with Crippen LogP contribution in [0.3, 0.4) is 0 Å². The number of rotatable bonds is 4. The van der Waals surface area contributed by atoms with Gasteiger partial charge in [0.15, 0.2) is 5.82 Å². The van der Waals surface area contributed by atoms with Crippen molar-refractivity contribution in [3.05, 3.63) is 64.7 Å². The number of fused-ring (bicyclic) bond motifs is 2. The second kappa shape index (κ2) is 11.7. The number of hydrogen-bond donors (Lipinski definition) is 1. The van der Waals surface area contributed by atoms with Crippen molar-refractivity contribution in [2.45, 2.75) is 72.1 Å². The Bertz CT molecular complexity index is 1740. The lowest BCUT2D eigenvalue weighted by atomic mass is 9.99. The molecule has 0 atom stereocenters. The van der Waals surface area contributed by atoms with Crippen LogP contribution in [0, 0.1) is 13.8 Å². The van der Waals surface area contributed by atoms with Crippen LogP contribution in [0.1, 0.15) is 50.6 Å². The summed E-state index contributed by atoms with van der Waals surface area (Å²) in [6.07, 6.45) is 5.54. The maximum Gasteiger partial charge on any atom is 0.410 e. The number of piperidine rings is 1. The summed E-state index contributed by atoms with van der Waals surface area (Å²) in [5.41, 5.74) is 4.47. The second-order valence-corrected chi connectivity index (χ2v) is 13.1. The average molecular weight is 616 g/mol. The monoisotopic (exact) mass is 615 g/mol. The number of aryl methyl sites for hydroxylation is 2. The van der Waals surface area contributed by atoms with Crippen LogP contribution in [0.2, 0.25) is 5.02 Å². The van der Waals surface area contributed by atoms with Gasteiger partial charge in [-0.1, -0.05) is 11.6 Å². The molecule has 0 bridgehead atoms. The molecule has 11 heteroatoms. The van der Waals surface area contributed by atoms with Gasteiger partial charge in [-0.25, -0.2) is 9.78 Å². The first-order valence-corrected chi connectivity index (χ1v) is 15.5. The molecule has 10 nitrogen and oxygen atoms in total. The van der Waals surface area contributed by atoms with E-state index in [9.17, 15) is 9.59 Å². The van der Waals surface area contributed by atoms with E-state index in [1.54, 1.807) is 15.8 Å². The molecule has 5 heterocycles. The van der Waals surface area contributed by atoms with Crippen molar-refractivity contribution >= 4 is 46.0 Å². The van der Waals surface area contributed by atoms with Crippen molar-refractivity contribution in [3.8, 4) is 11.1 Å². The highest BCUT2D eigenvalue weighted by molar-refractivity contribution is 6.34. The fourth-order valence-electron chi connectivity index (χ4n) is 6.06. The topological polar surface area (TPSA) is 105 Å². The third-order valence-electron chi connectivity index (χ3n) is 8.24. The summed E-state index contributed by atoms with van der Waals surface area (Å²) in [7, 11) is 0. The van der Waals surface area contributed by atoms with Gasteiger partial charge in [0.05, 0.1) is 0 Å². The molecule has 4 aromatic rings. The molecule has 1 aromatic carbocycles. The molecule has 1 fully saturated rings. The molecule has 2 aliphatic heterocycles. The maximum absolute atomic E-state index is 13.3. The lowest BCUT2D eigenvalue weighted by molar-refractivity contribution is -0.134. The number of amides is 2. The van der Waals surface area contributed by atoms with E-state index in [-0.39, 0.29) is 24.6 Å². The minimum Gasteiger partial charge on any atom is -0.444 e. The Balaban J connectivity index is 1.12. The van der Waals surface area contributed by atoms with E-state index in [1.165, 1.54) is 0 Å². The van der Waals surface area contributed by atoms with Gasteiger partial charge < -0.3 is 19.9 Å². The van der Waals surface area contributed by atoms with E-state index in [4.69, 9.17) is 21.4 Å². The van der Waals surface area contributed by atoms with Crippen LogP contribution >= 0.6 is 11.6 Å². The van der Waals surface area contributed by atoms with Crippen LogP contribution in [0.15, 0.2) is 42.7 Å². The molecule has 44 heavy (non-hydrogen) atoms. The third kappa shape index (κ3) is 6.36. The molecule has 0 saturated carbocycles. The zero-order chi connectivity index (χ0) is 31.2. The van der Waals surface area contributed by atoms with Crippen LogP contribution in [-0.4, -0.2) is 72.8 Å². The zero-order valence-electron chi connectivity index (χ0n) is 25.9. The number of carbonyl (C=O) groups is 2. The first kappa shape index (κ1) is 29.9. The predicted octanol–water partition coefficient (Wildman–Crippen LogP) is 6.29. The maximum atomic E-state index is 13.3. The number of nitrogens with zero attached hydrogens (tertiary/aromatic N) is 6. The number of likely N-dealkylation sites (tertiary alicyclic amines) is 1. The standard InChI is InChI=1S/C33H38ClN7O3/c1-20-12-21(2)35-18-27(20)26-13-22-15-29(36-17-23(22)14-28(26)34)37-30-16-25-8-11-40(31(42)19-41(25)38-30)24-6-9-39(10-7-24)32(43)44-33(3,4)5/h12-18,24H,6-11,19H2,1-5H3,(H,36,37,38). The van der Waals surface area contributed by atoms with Crippen molar-refractivity contribution in [1.29, 1.82) is 0 Å². The van der Waals surface area contributed by atoms with Crippen molar-refractivity contribution < 1.29 is 14.3 Å². The Morgan fingerprint density at radius 1 is 0.955 bits per heavy atom. The average Bonchev–Trinajstić information content (AvgIpc) is 3.25. The van der Waals surface area contributed by atoms with Gasteiger partial charge in [-0.15, -0.1) is 0 Å². The van der Waals surface area contributed by atoms with E-state index >= 15 is 0 Å². The Morgan fingerprint density at radius 3 is 2.45 bits per heavy atom. The van der Waals surface area contributed by atoms with E-state index in [2.05, 4.69) is 34.3 Å². The summed E-state index contributed by atoms with van der Waals surface area (Å²) < 4.78 is 7.30. The van der Waals surface area contributed by atoms with Gasteiger partial charge in [0.2, 0.25) is 5.91 Å². The Morgan fingerprint density at radius 2 is 1.73 bits per heavy atom. The number of aromatic nitrogens is 4. The van der Waals surface area contributed by atoms with Crippen molar-refractivity contribution in [3.63, 3.8) is 0 Å². The molecule has 2 aliphatic rings. The fourth-order valence-corrected chi connectivity index (χ4v) is 6.33. The van der Waals surface area contributed by atoms with Crippen molar-refractivity contribution in [2.24, 2.45) is 0 Å². The molecule has 0 spiro atoms. The Labute approximate surface area is 262 Å². The number of carbonyl (C=O) groups excluding carboxylic acids is 2. The fraction of sp³-hybridized carbons (Fsp3) is 0.424. The zero-order valence-corrected chi connectivity index (χ0v) is 26.6. The van der Waals surface area contributed by atoms with E-state index in [0.29, 0.717) is 42.7 Å². The van der Waals surface area contributed by atoms with Gasteiger partial charge in [-0.3, -0.25) is 14.5 Å². The minimum atomic E-state index is -0.524. The summed E-state index contributed by atoms with van der Waals surface area (Å²) in [5, 5.41) is 10.6.